The van der Waals surface area contributed by atoms with Crippen molar-refractivity contribution in [3.8, 4) is 0 Å². The summed E-state index contributed by atoms with van der Waals surface area (Å²) in [7, 11) is 0. The average molecular weight is 748 g/mol. The number of amides is 1. The molecular weight excluding hydrogens is 659 g/mol. The van der Waals surface area contributed by atoms with Gasteiger partial charge in [-0.15, -0.1) is 0 Å². The van der Waals surface area contributed by atoms with Gasteiger partial charge < -0.3 is 20.3 Å². The molecule has 1 amide bonds. The van der Waals surface area contributed by atoms with Crippen LogP contribution in [0, 0.1) is 0 Å². The molecule has 0 fully saturated rings. The molecule has 3 N–H and O–H groups in total. The lowest BCUT2D eigenvalue weighted by Crippen LogP contribution is -2.45. The van der Waals surface area contributed by atoms with Crippen molar-refractivity contribution in [2.24, 2.45) is 0 Å². The van der Waals surface area contributed by atoms with Crippen molar-refractivity contribution in [1.29, 1.82) is 0 Å². The molecule has 0 aliphatic heterocycles. The third-order valence-corrected chi connectivity index (χ3v) is 10.5. The van der Waals surface area contributed by atoms with E-state index < -0.39 is 12.1 Å². The normalized spacial score (nSPS) is 12.9. The molecule has 0 aliphatic carbocycles. The number of ether oxygens (including phenoxy) is 1. The quantitative estimate of drug-likeness (QED) is 0.0328. The fourth-order valence-corrected chi connectivity index (χ4v) is 6.89. The molecule has 0 rings (SSSR count). The van der Waals surface area contributed by atoms with Crippen LogP contribution in [-0.4, -0.2) is 47.4 Å². The first-order valence-electron chi connectivity index (χ1n) is 23.1. The summed E-state index contributed by atoms with van der Waals surface area (Å²) < 4.78 is 5.43. The van der Waals surface area contributed by atoms with Crippen molar-refractivity contribution in [1.82, 2.24) is 5.32 Å². The molecule has 0 aliphatic rings. The van der Waals surface area contributed by atoms with Crippen molar-refractivity contribution < 1.29 is 24.5 Å². The Hall–Kier alpha value is -1.66. The number of hydrogen-bond acceptors (Lipinski definition) is 5. The summed E-state index contributed by atoms with van der Waals surface area (Å²) >= 11 is 0. The molecule has 2 unspecified atom stereocenters. The number of carbonyl (C=O) groups is 2. The summed E-state index contributed by atoms with van der Waals surface area (Å²) in [5.41, 5.74) is 0. The number of hydrogen-bond donors (Lipinski definition) is 3. The van der Waals surface area contributed by atoms with Crippen molar-refractivity contribution in [2.75, 3.05) is 13.2 Å². The van der Waals surface area contributed by atoms with Crippen LogP contribution >= 0.6 is 0 Å². The second kappa shape index (κ2) is 43.1. The minimum absolute atomic E-state index is 0.0401. The van der Waals surface area contributed by atoms with Gasteiger partial charge >= 0.3 is 5.97 Å². The van der Waals surface area contributed by atoms with Gasteiger partial charge in [-0.3, -0.25) is 9.59 Å². The van der Waals surface area contributed by atoms with E-state index in [9.17, 15) is 19.8 Å². The Morgan fingerprint density at radius 3 is 1.49 bits per heavy atom. The van der Waals surface area contributed by atoms with E-state index in [1.807, 2.05) is 0 Å². The highest BCUT2D eigenvalue weighted by Gasteiger charge is 2.20. The molecule has 0 aromatic carbocycles. The zero-order valence-electron chi connectivity index (χ0n) is 35.2. The molecule has 0 aromatic rings. The van der Waals surface area contributed by atoms with Gasteiger partial charge in [0.05, 0.1) is 25.4 Å². The number of carbonyl (C=O) groups excluding carboxylic acids is 2. The second-order valence-corrected chi connectivity index (χ2v) is 15.7. The largest absolute Gasteiger partial charge is 0.466 e. The van der Waals surface area contributed by atoms with Gasteiger partial charge in [0.1, 0.15) is 0 Å². The molecule has 0 saturated heterocycles. The zero-order valence-corrected chi connectivity index (χ0v) is 35.2. The van der Waals surface area contributed by atoms with E-state index >= 15 is 0 Å². The lowest BCUT2D eigenvalue weighted by atomic mass is 10.0. The highest BCUT2D eigenvalue weighted by Crippen LogP contribution is 2.15. The molecular formula is C47H89NO5. The van der Waals surface area contributed by atoms with E-state index in [0.29, 0.717) is 25.9 Å². The number of rotatable bonds is 42. The maximum atomic E-state index is 12.4. The summed E-state index contributed by atoms with van der Waals surface area (Å²) in [4.78, 5) is 24.4. The summed E-state index contributed by atoms with van der Waals surface area (Å²) in [6, 6.07) is -0.561. The van der Waals surface area contributed by atoms with Gasteiger partial charge in [0.2, 0.25) is 5.91 Å². The SMILES string of the molecule is CCCC/C=C\C/C=C\CCCCCCCC(=O)OCCCCCCCCCCCC(=O)NC(CO)C(O)CCCCCCCCCCCCCCC. The number of aliphatic hydroxyl groups is 2. The number of nitrogens with one attached hydrogen (secondary N) is 1. The number of aliphatic hydroxyl groups excluding tert-OH is 2. The fourth-order valence-electron chi connectivity index (χ4n) is 6.89. The van der Waals surface area contributed by atoms with Crippen LogP contribution in [0.3, 0.4) is 0 Å². The van der Waals surface area contributed by atoms with Crippen LogP contribution in [0.25, 0.3) is 0 Å². The van der Waals surface area contributed by atoms with Crippen LogP contribution in [-0.2, 0) is 14.3 Å². The second-order valence-electron chi connectivity index (χ2n) is 15.7. The van der Waals surface area contributed by atoms with Crippen molar-refractivity contribution >= 4 is 11.9 Å². The molecule has 0 saturated carbocycles. The van der Waals surface area contributed by atoms with Crippen LogP contribution in [0.2, 0.25) is 0 Å². The smallest absolute Gasteiger partial charge is 0.305 e. The van der Waals surface area contributed by atoms with Crippen LogP contribution < -0.4 is 5.32 Å². The van der Waals surface area contributed by atoms with Gasteiger partial charge in [-0.2, -0.15) is 0 Å². The molecule has 312 valence electrons. The minimum Gasteiger partial charge on any atom is -0.466 e. The Labute approximate surface area is 329 Å². The molecule has 6 nitrogen and oxygen atoms in total. The Kier molecular flexibility index (Phi) is 41.7. The number of esters is 1. The van der Waals surface area contributed by atoms with E-state index in [0.717, 1.165) is 70.6 Å². The first kappa shape index (κ1) is 51.3. The van der Waals surface area contributed by atoms with Gasteiger partial charge in [-0.05, 0) is 51.4 Å². The van der Waals surface area contributed by atoms with E-state index in [2.05, 4.69) is 43.5 Å². The number of unbranched alkanes of at least 4 members (excludes halogenated alkanes) is 27. The van der Waals surface area contributed by atoms with Crippen molar-refractivity contribution in [3.63, 3.8) is 0 Å². The molecule has 53 heavy (non-hydrogen) atoms. The molecule has 0 radical (unpaired) electrons. The zero-order chi connectivity index (χ0) is 38.7. The average Bonchev–Trinajstić information content (AvgIpc) is 3.16. The Morgan fingerprint density at radius 2 is 0.962 bits per heavy atom. The van der Waals surface area contributed by atoms with Crippen LogP contribution in [0.4, 0.5) is 0 Å². The minimum atomic E-state index is -0.681. The van der Waals surface area contributed by atoms with Gasteiger partial charge in [-0.1, -0.05) is 199 Å². The predicted octanol–water partition coefficient (Wildman–Crippen LogP) is 13.2. The molecule has 0 spiro atoms. The van der Waals surface area contributed by atoms with Crippen LogP contribution in [0.5, 0.6) is 0 Å². The molecule has 0 aromatic heterocycles. The monoisotopic (exact) mass is 748 g/mol. The molecule has 0 bridgehead atoms. The molecule has 0 heterocycles. The predicted molar refractivity (Wildman–Crippen MR) is 227 cm³/mol. The van der Waals surface area contributed by atoms with E-state index in [1.165, 1.54) is 135 Å². The third-order valence-electron chi connectivity index (χ3n) is 10.5. The maximum Gasteiger partial charge on any atom is 0.305 e. The molecule has 2 atom stereocenters. The van der Waals surface area contributed by atoms with E-state index in [-0.39, 0.29) is 18.5 Å². The third kappa shape index (κ3) is 39.8. The molecule has 6 heteroatoms. The van der Waals surface area contributed by atoms with Gasteiger partial charge in [-0.25, -0.2) is 0 Å². The Bertz CT molecular complexity index is 828. The topological polar surface area (TPSA) is 95.9 Å². The summed E-state index contributed by atoms with van der Waals surface area (Å²) in [6.07, 6.45) is 48.4. The standard InChI is InChI=1S/C47H89NO5/c1-3-5-7-9-11-13-15-17-19-21-25-29-33-37-41-47(52)53-42-38-34-30-26-22-24-28-32-36-40-46(51)48-44(43-49)45(50)39-35-31-27-23-20-18-16-14-12-10-8-6-4-2/h9,11,15,17,44-45,49-50H,3-8,10,12-14,16,18-43H2,1-2H3,(H,48,51)/b11-9-,17-15-. The summed E-state index contributed by atoms with van der Waals surface area (Å²) in [5.74, 6) is -0.105. The Morgan fingerprint density at radius 1 is 0.528 bits per heavy atom. The van der Waals surface area contributed by atoms with E-state index in [1.54, 1.807) is 0 Å². The highest BCUT2D eigenvalue weighted by atomic mass is 16.5. The summed E-state index contributed by atoms with van der Waals surface area (Å²) in [6.45, 7) is 4.83. The first-order valence-corrected chi connectivity index (χ1v) is 23.1. The maximum absolute atomic E-state index is 12.4. The van der Waals surface area contributed by atoms with Gasteiger partial charge in [0.15, 0.2) is 0 Å². The first-order chi connectivity index (χ1) is 26.0. The van der Waals surface area contributed by atoms with E-state index in [4.69, 9.17) is 4.74 Å². The lowest BCUT2D eigenvalue weighted by Gasteiger charge is -2.22. The van der Waals surface area contributed by atoms with Crippen LogP contribution in [0.15, 0.2) is 24.3 Å². The van der Waals surface area contributed by atoms with Gasteiger partial charge in [0, 0.05) is 12.8 Å². The highest BCUT2D eigenvalue weighted by molar-refractivity contribution is 5.76. The van der Waals surface area contributed by atoms with Gasteiger partial charge in [0.25, 0.3) is 0 Å². The Balaban J connectivity index is 3.51. The van der Waals surface area contributed by atoms with Crippen molar-refractivity contribution in [2.45, 2.75) is 251 Å². The number of allylic oxidation sites excluding steroid dienone is 4. The van der Waals surface area contributed by atoms with Crippen LogP contribution in [0.1, 0.15) is 239 Å². The van der Waals surface area contributed by atoms with Crippen molar-refractivity contribution in [3.05, 3.63) is 24.3 Å². The fraction of sp³-hybridized carbons (Fsp3) is 0.872. The lowest BCUT2D eigenvalue weighted by molar-refractivity contribution is -0.143. The summed E-state index contributed by atoms with van der Waals surface area (Å²) in [5, 5.41) is 23.1.